The van der Waals surface area contributed by atoms with Crippen LogP contribution in [0.1, 0.15) is 47.0 Å². The molecule has 2 nitrogen and oxygen atoms in total. The molecular weight excluding hydrogens is 184 g/mol. The van der Waals surface area contributed by atoms with E-state index in [0.29, 0.717) is 0 Å². The molecule has 0 spiro atoms. The summed E-state index contributed by atoms with van der Waals surface area (Å²) in [7, 11) is 0. The molecule has 1 saturated heterocycles. The van der Waals surface area contributed by atoms with Crippen LogP contribution < -0.4 is 5.32 Å². The smallest absolute Gasteiger partial charge is 0.0110 e. The van der Waals surface area contributed by atoms with E-state index in [4.69, 9.17) is 0 Å². The Kier molecular flexibility index (Phi) is 5.62. The van der Waals surface area contributed by atoms with Gasteiger partial charge in [-0.05, 0) is 38.6 Å². The molecule has 1 N–H and O–H groups in total. The van der Waals surface area contributed by atoms with Crippen molar-refractivity contribution in [1.82, 2.24) is 10.2 Å². The van der Waals surface area contributed by atoms with Gasteiger partial charge in [-0.25, -0.2) is 0 Å². The van der Waals surface area contributed by atoms with Crippen LogP contribution in [-0.2, 0) is 0 Å². The van der Waals surface area contributed by atoms with Gasteiger partial charge in [0.15, 0.2) is 0 Å². The van der Waals surface area contributed by atoms with Gasteiger partial charge >= 0.3 is 0 Å². The molecule has 2 heteroatoms. The highest BCUT2D eigenvalue weighted by Gasteiger charge is 2.19. The number of nitrogens with zero attached hydrogens (tertiary/aromatic N) is 1. The summed E-state index contributed by atoms with van der Waals surface area (Å²) < 4.78 is 0. The topological polar surface area (TPSA) is 15.3 Å². The first-order valence-electron chi connectivity index (χ1n) is 6.61. The Hall–Kier alpha value is -0.0800. The van der Waals surface area contributed by atoms with Gasteiger partial charge in [-0.1, -0.05) is 20.8 Å². The molecule has 15 heavy (non-hydrogen) atoms. The summed E-state index contributed by atoms with van der Waals surface area (Å²) in [6.07, 6.45) is 3.92. The van der Waals surface area contributed by atoms with Crippen molar-refractivity contribution in [2.45, 2.75) is 59.0 Å². The molecule has 0 aromatic rings. The largest absolute Gasteiger partial charge is 0.313 e. The van der Waals surface area contributed by atoms with Crippen LogP contribution in [0.15, 0.2) is 0 Å². The zero-order chi connectivity index (χ0) is 11.3. The van der Waals surface area contributed by atoms with Crippen LogP contribution >= 0.6 is 0 Å². The highest BCUT2D eigenvalue weighted by atomic mass is 15.2. The molecule has 0 amide bonds. The van der Waals surface area contributed by atoms with Crippen molar-refractivity contribution in [3.8, 4) is 0 Å². The van der Waals surface area contributed by atoms with Gasteiger partial charge in [-0.3, -0.25) is 4.90 Å². The van der Waals surface area contributed by atoms with Crippen LogP contribution in [0.2, 0.25) is 0 Å². The fraction of sp³-hybridized carbons (Fsp3) is 1.00. The summed E-state index contributed by atoms with van der Waals surface area (Å²) in [5.74, 6) is 0.818. The monoisotopic (exact) mass is 212 g/mol. The molecule has 0 bridgehead atoms. The van der Waals surface area contributed by atoms with Crippen molar-refractivity contribution in [2.24, 2.45) is 5.92 Å². The maximum Gasteiger partial charge on any atom is 0.0110 e. The highest BCUT2D eigenvalue weighted by Crippen LogP contribution is 2.14. The molecule has 1 rings (SSSR count). The normalized spacial score (nSPS) is 26.6. The van der Waals surface area contributed by atoms with Crippen LogP contribution in [0.25, 0.3) is 0 Å². The number of hydrogen-bond donors (Lipinski definition) is 1. The summed E-state index contributed by atoms with van der Waals surface area (Å²) >= 11 is 0. The third-order valence-corrected chi connectivity index (χ3v) is 3.53. The molecule has 0 saturated carbocycles. The Morgan fingerprint density at radius 1 is 1.27 bits per heavy atom. The first-order valence-corrected chi connectivity index (χ1v) is 6.61. The summed E-state index contributed by atoms with van der Waals surface area (Å²) in [6, 6.07) is 1.50. The van der Waals surface area contributed by atoms with E-state index in [9.17, 15) is 0 Å². The first-order chi connectivity index (χ1) is 7.13. The molecule has 2 unspecified atom stereocenters. The van der Waals surface area contributed by atoms with Gasteiger partial charge in [-0.2, -0.15) is 0 Å². The quantitative estimate of drug-likeness (QED) is 0.770. The van der Waals surface area contributed by atoms with E-state index in [0.717, 1.165) is 18.0 Å². The second-order valence-electron chi connectivity index (χ2n) is 5.36. The number of hydrogen-bond acceptors (Lipinski definition) is 2. The molecule has 0 aromatic carbocycles. The summed E-state index contributed by atoms with van der Waals surface area (Å²) in [5, 5.41) is 3.63. The summed E-state index contributed by atoms with van der Waals surface area (Å²) in [4.78, 5) is 2.66. The van der Waals surface area contributed by atoms with Crippen molar-refractivity contribution in [3.05, 3.63) is 0 Å². The lowest BCUT2D eigenvalue weighted by molar-refractivity contribution is 0.197. The van der Waals surface area contributed by atoms with E-state index in [1.165, 1.54) is 38.9 Å². The minimum absolute atomic E-state index is 0.751. The Bertz CT molecular complexity index is 168. The van der Waals surface area contributed by atoms with E-state index in [2.05, 4.69) is 37.9 Å². The average Bonchev–Trinajstić information content (AvgIpc) is 2.41. The molecule has 0 radical (unpaired) electrons. The van der Waals surface area contributed by atoms with Crippen LogP contribution in [0.3, 0.4) is 0 Å². The minimum Gasteiger partial charge on any atom is -0.313 e. The van der Waals surface area contributed by atoms with E-state index < -0.39 is 0 Å². The van der Waals surface area contributed by atoms with Gasteiger partial charge in [0.05, 0.1) is 0 Å². The molecule has 1 aliphatic rings. The molecule has 1 heterocycles. The average molecular weight is 212 g/mol. The molecule has 1 fully saturated rings. The Morgan fingerprint density at radius 2 is 2.00 bits per heavy atom. The highest BCUT2D eigenvalue weighted by molar-refractivity contribution is 4.77. The van der Waals surface area contributed by atoms with Crippen molar-refractivity contribution in [3.63, 3.8) is 0 Å². The van der Waals surface area contributed by atoms with E-state index in [-0.39, 0.29) is 0 Å². The van der Waals surface area contributed by atoms with E-state index in [1.54, 1.807) is 0 Å². The lowest BCUT2D eigenvalue weighted by atomic mass is 10.0. The van der Waals surface area contributed by atoms with Crippen LogP contribution in [0, 0.1) is 5.92 Å². The summed E-state index contributed by atoms with van der Waals surface area (Å²) in [5.41, 5.74) is 0. The van der Waals surface area contributed by atoms with Crippen molar-refractivity contribution in [1.29, 1.82) is 0 Å². The third kappa shape index (κ3) is 4.52. The van der Waals surface area contributed by atoms with Crippen LogP contribution in [0.4, 0.5) is 0 Å². The molecule has 1 aliphatic heterocycles. The lowest BCUT2D eigenvalue weighted by Crippen LogP contribution is -2.36. The maximum absolute atomic E-state index is 3.63. The number of nitrogens with one attached hydrogen (secondary N) is 1. The van der Waals surface area contributed by atoms with Crippen LogP contribution in [0.5, 0.6) is 0 Å². The van der Waals surface area contributed by atoms with Gasteiger partial charge in [0.2, 0.25) is 0 Å². The number of rotatable bonds is 4. The lowest BCUT2D eigenvalue weighted by Gasteiger charge is -2.28. The zero-order valence-corrected chi connectivity index (χ0v) is 10.9. The van der Waals surface area contributed by atoms with Gasteiger partial charge in [-0.15, -0.1) is 0 Å². The molecule has 2 atom stereocenters. The third-order valence-electron chi connectivity index (χ3n) is 3.53. The Balaban J connectivity index is 2.35. The SMILES string of the molecule is CCC1CCN(C(C)CC(C)C)CCN1. The predicted molar refractivity (Wildman–Crippen MR) is 67.2 cm³/mol. The molecule has 0 aliphatic carbocycles. The van der Waals surface area contributed by atoms with E-state index >= 15 is 0 Å². The molecular formula is C13H28N2. The van der Waals surface area contributed by atoms with Crippen LogP contribution in [-0.4, -0.2) is 36.6 Å². The fourth-order valence-electron chi connectivity index (χ4n) is 2.57. The van der Waals surface area contributed by atoms with Crippen molar-refractivity contribution < 1.29 is 0 Å². The van der Waals surface area contributed by atoms with Crippen molar-refractivity contribution in [2.75, 3.05) is 19.6 Å². The molecule has 90 valence electrons. The van der Waals surface area contributed by atoms with Crippen molar-refractivity contribution >= 4 is 0 Å². The Labute approximate surface area is 95.4 Å². The Morgan fingerprint density at radius 3 is 2.60 bits per heavy atom. The van der Waals surface area contributed by atoms with Gasteiger partial charge in [0.1, 0.15) is 0 Å². The predicted octanol–water partition coefficient (Wildman–Crippen LogP) is 2.49. The zero-order valence-electron chi connectivity index (χ0n) is 10.9. The first kappa shape index (κ1) is 13.0. The second kappa shape index (κ2) is 6.49. The van der Waals surface area contributed by atoms with Gasteiger partial charge in [0.25, 0.3) is 0 Å². The standard InChI is InChI=1S/C13H28N2/c1-5-13-6-8-15(9-7-14-13)12(4)10-11(2)3/h11-14H,5-10H2,1-4H3. The fourth-order valence-corrected chi connectivity index (χ4v) is 2.57. The van der Waals surface area contributed by atoms with Gasteiger partial charge < -0.3 is 5.32 Å². The van der Waals surface area contributed by atoms with Gasteiger partial charge in [0, 0.05) is 25.2 Å². The second-order valence-corrected chi connectivity index (χ2v) is 5.36. The maximum atomic E-state index is 3.63. The minimum atomic E-state index is 0.751. The molecule has 0 aromatic heterocycles. The van der Waals surface area contributed by atoms with E-state index in [1.807, 2.05) is 0 Å². The summed E-state index contributed by atoms with van der Waals surface area (Å²) in [6.45, 7) is 13.0.